The van der Waals surface area contributed by atoms with Gasteiger partial charge in [0.25, 0.3) is 5.69 Å². The normalized spacial score (nSPS) is 10.0. The quantitative estimate of drug-likeness (QED) is 0.626. The number of rotatable bonds is 4. The van der Waals surface area contributed by atoms with Crippen molar-refractivity contribution in [1.82, 2.24) is 0 Å². The van der Waals surface area contributed by atoms with Crippen LogP contribution in [-0.4, -0.2) is 12.0 Å². The molecule has 0 aliphatic rings. The Morgan fingerprint density at radius 1 is 1.11 bits per heavy atom. The maximum atomic E-state index is 10.5. The molecule has 0 spiro atoms. The minimum atomic E-state index is -0.466. The second-order valence-electron chi connectivity index (χ2n) is 3.65. The number of nitrogens with zero attached hydrogens (tertiary/aromatic N) is 1. The van der Waals surface area contributed by atoms with Gasteiger partial charge in [-0.05, 0) is 24.3 Å². The molecule has 0 N–H and O–H groups in total. The maximum absolute atomic E-state index is 10.5. The largest absolute Gasteiger partial charge is 0.493 e. The predicted octanol–water partition coefficient (Wildman–Crippen LogP) is 4.05. The summed E-state index contributed by atoms with van der Waals surface area (Å²) in [6, 6.07) is 10.8. The van der Waals surface area contributed by atoms with Gasteiger partial charge in [-0.2, -0.15) is 0 Å². The van der Waals surface area contributed by atoms with Crippen LogP contribution in [0.5, 0.6) is 17.2 Å². The summed E-state index contributed by atoms with van der Waals surface area (Å²) in [6.07, 6.45) is 0. The maximum Gasteiger partial charge on any atom is 0.269 e. The van der Waals surface area contributed by atoms with E-state index in [0.717, 1.165) is 0 Å². The van der Waals surface area contributed by atoms with Crippen molar-refractivity contribution in [2.75, 3.05) is 7.11 Å². The molecule has 6 heteroatoms. The summed E-state index contributed by atoms with van der Waals surface area (Å²) in [7, 11) is 1.51. The van der Waals surface area contributed by atoms with Crippen LogP contribution >= 0.6 is 11.6 Å². The molecule has 0 bridgehead atoms. The van der Waals surface area contributed by atoms with Crippen LogP contribution in [-0.2, 0) is 0 Å². The van der Waals surface area contributed by atoms with Gasteiger partial charge in [0.2, 0.25) is 0 Å². The Kier molecular flexibility index (Phi) is 3.87. The summed E-state index contributed by atoms with van der Waals surface area (Å²) in [5, 5.41) is 11.1. The average molecular weight is 280 g/mol. The number of benzene rings is 2. The van der Waals surface area contributed by atoms with Gasteiger partial charge in [-0.1, -0.05) is 11.6 Å². The fraction of sp³-hybridized carbons (Fsp3) is 0.0769. The molecular formula is C13H10ClNO4. The van der Waals surface area contributed by atoms with E-state index >= 15 is 0 Å². The predicted molar refractivity (Wildman–Crippen MR) is 71.2 cm³/mol. The van der Waals surface area contributed by atoms with Gasteiger partial charge in [-0.3, -0.25) is 10.1 Å². The van der Waals surface area contributed by atoms with E-state index in [1.165, 1.54) is 31.4 Å². The monoisotopic (exact) mass is 279 g/mol. The number of non-ortho nitro benzene ring substituents is 1. The molecule has 0 fully saturated rings. The second kappa shape index (κ2) is 5.58. The SMILES string of the molecule is COc1cc(Cl)ccc1Oc1ccc([N+](=O)[O-])cc1. The van der Waals surface area contributed by atoms with E-state index < -0.39 is 4.92 Å². The summed E-state index contributed by atoms with van der Waals surface area (Å²) >= 11 is 5.84. The summed E-state index contributed by atoms with van der Waals surface area (Å²) in [4.78, 5) is 10.1. The molecule has 0 aliphatic carbocycles. The Bertz CT molecular complexity index is 598. The van der Waals surface area contributed by atoms with E-state index in [1.807, 2.05) is 0 Å². The summed E-state index contributed by atoms with van der Waals surface area (Å²) < 4.78 is 10.7. The first-order valence-electron chi connectivity index (χ1n) is 5.36. The fourth-order valence-electron chi connectivity index (χ4n) is 1.49. The summed E-state index contributed by atoms with van der Waals surface area (Å²) in [6.45, 7) is 0. The molecule has 0 aliphatic heterocycles. The van der Waals surface area contributed by atoms with Crippen molar-refractivity contribution in [3.05, 3.63) is 57.6 Å². The zero-order valence-corrected chi connectivity index (χ0v) is 10.8. The van der Waals surface area contributed by atoms with Crippen LogP contribution in [0.4, 0.5) is 5.69 Å². The smallest absolute Gasteiger partial charge is 0.269 e. The first-order valence-corrected chi connectivity index (χ1v) is 5.74. The molecule has 2 rings (SSSR count). The lowest BCUT2D eigenvalue weighted by atomic mass is 10.3. The molecule has 0 saturated heterocycles. The lowest BCUT2D eigenvalue weighted by Crippen LogP contribution is -1.91. The van der Waals surface area contributed by atoms with Gasteiger partial charge >= 0.3 is 0 Å². The van der Waals surface area contributed by atoms with Crippen molar-refractivity contribution >= 4 is 17.3 Å². The number of nitro benzene ring substituents is 1. The molecule has 0 unspecified atom stereocenters. The lowest BCUT2D eigenvalue weighted by Gasteiger charge is -2.10. The number of halogens is 1. The molecule has 19 heavy (non-hydrogen) atoms. The van der Waals surface area contributed by atoms with E-state index in [4.69, 9.17) is 21.1 Å². The molecule has 0 amide bonds. The molecule has 0 atom stereocenters. The number of ether oxygens (including phenoxy) is 2. The Hall–Kier alpha value is -2.27. The molecular weight excluding hydrogens is 270 g/mol. The van der Waals surface area contributed by atoms with Gasteiger partial charge in [0, 0.05) is 23.2 Å². The highest BCUT2D eigenvalue weighted by molar-refractivity contribution is 6.30. The van der Waals surface area contributed by atoms with Gasteiger partial charge in [0.15, 0.2) is 11.5 Å². The second-order valence-corrected chi connectivity index (χ2v) is 4.08. The zero-order valence-electron chi connectivity index (χ0n) is 10.00. The van der Waals surface area contributed by atoms with Crippen LogP contribution in [0.1, 0.15) is 0 Å². The van der Waals surface area contributed by atoms with Crippen LogP contribution in [0.3, 0.4) is 0 Å². The molecule has 0 heterocycles. The van der Waals surface area contributed by atoms with Gasteiger partial charge in [0.05, 0.1) is 12.0 Å². The Labute approximate surface area is 114 Å². The van der Waals surface area contributed by atoms with E-state index in [9.17, 15) is 10.1 Å². The van der Waals surface area contributed by atoms with Gasteiger partial charge < -0.3 is 9.47 Å². The van der Waals surface area contributed by atoms with Crippen molar-refractivity contribution in [2.45, 2.75) is 0 Å². The van der Waals surface area contributed by atoms with Gasteiger partial charge in [0.1, 0.15) is 5.75 Å². The van der Waals surface area contributed by atoms with Gasteiger partial charge in [-0.25, -0.2) is 0 Å². The van der Waals surface area contributed by atoms with E-state index in [1.54, 1.807) is 18.2 Å². The first-order chi connectivity index (χ1) is 9.10. The zero-order chi connectivity index (χ0) is 13.8. The highest BCUT2D eigenvalue weighted by Crippen LogP contribution is 2.34. The van der Waals surface area contributed by atoms with Crippen LogP contribution in [0, 0.1) is 10.1 Å². The number of nitro groups is 1. The Balaban J connectivity index is 2.23. The summed E-state index contributed by atoms with van der Waals surface area (Å²) in [5.41, 5.74) is 0.00965. The third kappa shape index (κ3) is 3.14. The average Bonchev–Trinajstić information content (AvgIpc) is 2.41. The molecule has 98 valence electrons. The molecule has 2 aromatic rings. The van der Waals surface area contributed by atoms with Gasteiger partial charge in [-0.15, -0.1) is 0 Å². The van der Waals surface area contributed by atoms with Crippen LogP contribution in [0.2, 0.25) is 5.02 Å². The third-order valence-electron chi connectivity index (χ3n) is 2.40. The topological polar surface area (TPSA) is 61.6 Å². The number of hydrogen-bond donors (Lipinski definition) is 0. The number of hydrogen-bond acceptors (Lipinski definition) is 4. The fourth-order valence-corrected chi connectivity index (χ4v) is 1.65. The lowest BCUT2D eigenvalue weighted by molar-refractivity contribution is -0.384. The molecule has 5 nitrogen and oxygen atoms in total. The molecule has 0 radical (unpaired) electrons. The third-order valence-corrected chi connectivity index (χ3v) is 2.64. The van der Waals surface area contributed by atoms with Crippen LogP contribution in [0.25, 0.3) is 0 Å². The number of methoxy groups -OCH3 is 1. The Morgan fingerprint density at radius 2 is 1.79 bits per heavy atom. The molecule has 0 aromatic heterocycles. The molecule has 2 aromatic carbocycles. The Morgan fingerprint density at radius 3 is 2.37 bits per heavy atom. The van der Waals surface area contributed by atoms with E-state index in [2.05, 4.69) is 0 Å². The van der Waals surface area contributed by atoms with Crippen molar-refractivity contribution < 1.29 is 14.4 Å². The van der Waals surface area contributed by atoms with Crippen molar-refractivity contribution in [3.8, 4) is 17.2 Å². The highest BCUT2D eigenvalue weighted by atomic mass is 35.5. The van der Waals surface area contributed by atoms with Crippen LogP contribution < -0.4 is 9.47 Å². The van der Waals surface area contributed by atoms with Crippen molar-refractivity contribution in [3.63, 3.8) is 0 Å². The summed E-state index contributed by atoms with van der Waals surface area (Å²) in [5.74, 6) is 1.46. The van der Waals surface area contributed by atoms with E-state index in [0.29, 0.717) is 22.3 Å². The van der Waals surface area contributed by atoms with Crippen molar-refractivity contribution in [1.29, 1.82) is 0 Å². The minimum absolute atomic E-state index is 0.00965. The van der Waals surface area contributed by atoms with Crippen LogP contribution in [0.15, 0.2) is 42.5 Å². The van der Waals surface area contributed by atoms with Crippen molar-refractivity contribution in [2.24, 2.45) is 0 Å². The first kappa shape index (κ1) is 13.2. The molecule has 0 saturated carbocycles. The highest BCUT2D eigenvalue weighted by Gasteiger charge is 2.08. The standard InChI is InChI=1S/C13H10ClNO4/c1-18-13-8-9(14)2-7-12(13)19-11-5-3-10(4-6-11)15(16)17/h2-8H,1H3. The minimum Gasteiger partial charge on any atom is -0.493 e. The van der Waals surface area contributed by atoms with E-state index in [-0.39, 0.29) is 5.69 Å².